The molecular weight excluding hydrogens is 446 g/mol. The van der Waals surface area contributed by atoms with Gasteiger partial charge in [0, 0.05) is 42.5 Å². The van der Waals surface area contributed by atoms with Crippen LogP contribution in [0.25, 0.3) is 0 Å². The fourth-order valence-electron chi connectivity index (χ4n) is 3.90. The predicted molar refractivity (Wildman–Crippen MR) is 124 cm³/mol. The number of nitrogens with one attached hydrogen (secondary N) is 2. The van der Waals surface area contributed by atoms with E-state index >= 15 is 0 Å². The number of carbonyl (C=O) groups is 3. The number of nitrogens with zero attached hydrogens (tertiary/aromatic N) is 1. The molecule has 4 rings (SSSR count). The Morgan fingerprint density at radius 2 is 1.88 bits per heavy atom. The first-order chi connectivity index (χ1) is 16.0. The topological polar surface area (TPSA) is 97.0 Å². The molecule has 0 saturated carbocycles. The van der Waals surface area contributed by atoms with Crippen molar-refractivity contribution in [1.29, 1.82) is 0 Å². The summed E-state index contributed by atoms with van der Waals surface area (Å²) in [7, 11) is 0. The molecule has 0 aromatic heterocycles. The molecule has 174 valence electrons. The standard InChI is InChI=1S/C24H26ClN3O5/c25-17-3-5-18(6-4-17)27-22(29)15-33-20-9-7-19(8-10-20)28-14-16(12-23(28)30)24(31)26-13-21-2-1-11-32-21/h3-10,16,21H,1-2,11-15H2,(H,26,31)(H,27,29)/t16-,21-/m1/s1. The Labute approximate surface area is 197 Å². The molecule has 0 unspecified atom stereocenters. The molecule has 3 amide bonds. The van der Waals surface area contributed by atoms with E-state index in [1.54, 1.807) is 53.4 Å². The van der Waals surface area contributed by atoms with Crippen LogP contribution in [-0.4, -0.2) is 50.1 Å². The Hall–Kier alpha value is -3.10. The zero-order chi connectivity index (χ0) is 23.2. The fraction of sp³-hybridized carbons (Fsp3) is 0.375. The van der Waals surface area contributed by atoms with Crippen molar-refractivity contribution in [3.05, 3.63) is 53.6 Å². The molecule has 2 heterocycles. The number of benzene rings is 2. The summed E-state index contributed by atoms with van der Waals surface area (Å²) >= 11 is 5.83. The highest BCUT2D eigenvalue weighted by atomic mass is 35.5. The van der Waals surface area contributed by atoms with Crippen LogP contribution in [0.5, 0.6) is 5.75 Å². The fourth-order valence-corrected chi connectivity index (χ4v) is 4.02. The summed E-state index contributed by atoms with van der Waals surface area (Å²) in [6.07, 6.45) is 2.22. The normalized spacial score (nSPS) is 20.0. The molecule has 2 atom stereocenters. The average molecular weight is 472 g/mol. The molecule has 2 aromatic carbocycles. The van der Waals surface area contributed by atoms with Crippen LogP contribution < -0.4 is 20.3 Å². The number of ether oxygens (including phenoxy) is 2. The van der Waals surface area contributed by atoms with Gasteiger partial charge in [-0.1, -0.05) is 11.6 Å². The molecule has 8 nitrogen and oxygen atoms in total. The minimum absolute atomic E-state index is 0.0722. The summed E-state index contributed by atoms with van der Waals surface area (Å²) in [4.78, 5) is 38.6. The van der Waals surface area contributed by atoms with Gasteiger partial charge in [-0.15, -0.1) is 0 Å². The number of hydrogen-bond acceptors (Lipinski definition) is 5. The lowest BCUT2D eigenvalue weighted by molar-refractivity contribution is -0.126. The van der Waals surface area contributed by atoms with Gasteiger partial charge >= 0.3 is 0 Å². The lowest BCUT2D eigenvalue weighted by Crippen LogP contribution is -2.37. The summed E-state index contributed by atoms with van der Waals surface area (Å²) < 4.78 is 11.1. The third kappa shape index (κ3) is 6.24. The lowest BCUT2D eigenvalue weighted by atomic mass is 10.1. The van der Waals surface area contributed by atoms with E-state index in [1.165, 1.54) is 0 Å². The highest BCUT2D eigenvalue weighted by Crippen LogP contribution is 2.27. The predicted octanol–water partition coefficient (Wildman–Crippen LogP) is 3.01. The largest absolute Gasteiger partial charge is 0.484 e. The van der Waals surface area contributed by atoms with Crippen molar-refractivity contribution in [2.75, 3.05) is 36.5 Å². The van der Waals surface area contributed by atoms with Gasteiger partial charge in [0.05, 0.1) is 12.0 Å². The molecule has 33 heavy (non-hydrogen) atoms. The molecule has 0 aliphatic carbocycles. The van der Waals surface area contributed by atoms with Gasteiger partial charge in [0.2, 0.25) is 11.8 Å². The van der Waals surface area contributed by atoms with Gasteiger partial charge in [-0.3, -0.25) is 14.4 Å². The molecular formula is C24H26ClN3O5. The van der Waals surface area contributed by atoms with Crippen LogP contribution in [0.3, 0.4) is 0 Å². The van der Waals surface area contributed by atoms with E-state index in [0.29, 0.717) is 35.2 Å². The minimum atomic E-state index is -0.383. The lowest BCUT2D eigenvalue weighted by Gasteiger charge is -2.18. The van der Waals surface area contributed by atoms with E-state index in [2.05, 4.69) is 10.6 Å². The summed E-state index contributed by atoms with van der Waals surface area (Å²) in [5.41, 5.74) is 1.32. The molecule has 2 fully saturated rings. The monoisotopic (exact) mass is 471 g/mol. The van der Waals surface area contributed by atoms with Crippen LogP contribution in [0.15, 0.2) is 48.5 Å². The van der Waals surface area contributed by atoms with E-state index in [4.69, 9.17) is 21.1 Å². The summed E-state index contributed by atoms with van der Waals surface area (Å²) in [5, 5.41) is 6.22. The Balaban J connectivity index is 1.25. The first-order valence-electron chi connectivity index (χ1n) is 11.0. The quantitative estimate of drug-likeness (QED) is 0.617. The molecule has 0 spiro atoms. The first-order valence-corrected chi connectivity index (χ1v) is 11.3. The maximum Gasteiger partial charge on any atom is 0.262 e. The van der Waals surface area contributed by atoms with Crippen LogP contribution in [0.1, 0.15) is 19.3 Å². The van der Waals surface area contributed by atoms with Crippen molar-refractivity contribution in [1.82, 2.24) is 5.32 Å². The number of anilines is 2. The van der Waals surface area contributed by atoms with Crippen LogP contribution in [0.2, 0.25) is 5.02 Å². The molecule has 9 heteroatoms. The van der Waals surface area contributed by atoms with Crippen molar-refractivity contribution in [2.24, 2.45) is 5.92 Å². The molecule has 2 aromatic rings. The van der Waals surface area contributed by atoms with E-state index in [9.17, 15) is 14.4 Å². The molecule has 2 aliphatic rings. The second kappa shape index (κ2) is 10.7. The van der Waals surface area contributed by atoms with Gasteiger partial charge in [0.25, 0.3) is 5.91 Å². The molecule has 0 bridgehead atoms. The van der Waals surface area contributed by atoms with E-state index in [-0.39, 0.29) is 42.8 Å². The van der Waals surface area contributed by atoms with Gasteiger partial charge < -0.3 is 25.0 Å². The molecule has 2 saturated heterocycles. The Kier molecular flexibility index (Phi) is 7.47. The third-order valence-corrected chi connectivity index (χ3v) is 5.92. The zero-order valence-electron chi connectivity index (χ0n) is 18.1. The first kappa shape index (κ1) is 23.1. The summed E-state index contributed by atoms with van der Waals surface area (Å²) in [5.74, 6) is -0.391. The van der Waals surface area contributed by atoms with Crippen molar-refractivity contribution >= 4 is 40.7 Å². The Morgan fingerprint density at radius 1 is 1.12 bits per heavy atom. The Morgan fingerprint density at radius 3 is 2.58 bits per heavy atom. The van der Waals surface area contributed by atoms with Gasteiger partial charge in [-0.05, 0) is 61.4 Å². The Bertz CT molecular complexity index is 990. The van der Waals surface area contributed by atoms with E-state index < -0.39 is 0 Å². The second-order valence-corrected chi connectivity index (χ2v) is 8.56. The van der Waals surface area contributed by atoms with Gasteiger partial charge in [0.1, 0.15) is 5.75 Å². The van der Waals surface area contributed by atoms with Crippen LogP contribution in [-0.2, 0) is 19.1 Å². The number of halogens is 1. The smallest absolute Gasteiger partial charge is 0.262 e. The summed E-state index contributed by atoms with van der Waals surface area (Å²) in [6, 6.07) is 13.7. The molecule has 2 N–H and O–H groups in total. The zero-order valence-corrected chi connectivity index (χ0v) is 18.8. The van der Waals surface area contributed by atoms with Crippen molar-refractivity contribution in [2.45, 2.75) is 25.4 Å². The highest BCUT2D eigenvalue weighted by molar-refractivity contribution is 6.30. The van der Waals surface area contributed by atoms with Crippen LogP contribution in [0, 0.1) is 5.92 Å². The van der Waals surface area contributed by atoms with Crippen molar-refractivity contribution < 1.29 is 23.9 Å². The average Bonchev–Trinajstić information content (AvgIpc) is 3.48. The maximum absolute atomic E-state index is 12.5. The van der Waals surface area contributed by atoms with Crippen molar-refractivity contribution in [3.8, 4) is 5.75 Å². The number of hydrogen-bond donors (Lipinski definition) is 2. The van der Waals surface area contributed by atoms with Crippen LogP contribution in [0.4, 0.5) is 11.4 Å². The van der Waals surface area contributed by atoms with E-state index in [1.807, 2.05) is 0 Å². The molecule has 0 radical (unpaired) electrons. The number of amides is 3. The summed E-state index contributed by atoms with van der Waals surface area (Å²) in [6.45, 7) is 1.40. The highest BCUT2D eigenvalue weighted by Gasteiger charge is 2.35. The van der Waals surface area contributed by atoms with Crippen molar-refractivity contribution in [3.63, 3.8) is 0 Å². The third-order valence-electron chi connectivity index (χ3n) is 5.67. The van der Waals surface area contributed by atoms with E-state index in [0.717, 1.165) is 19.4 Å². The maximum atomic E-state index is 12.5. The minimum Gasteiger partial charge on any atom is -0.484 e. The number of rotatable bonds is 8. The number of carbonyl (C=O) groups excluding carboxylic acids is 3. The van der Waals surface area contributed by atoms with Crippen LogP contribution >= 0.6 is 11.6 Å². The van der Waals surface area contributed by atoms with Gasteiger partial charge in [-0.25, -0.2) is 0 Å². The molecule has 2 aliphatic heterocycles. The van der Waals surface area contributed by atoms with Gasteiger partial charge in [-0.2, -0.15) is 0 Å². The second-order valence-electron chi connectivity index (χ2n) is 8.12. The SMILES string of the molecule is O=C(COc1ccc(N2C[C@H](C(=O)NC[C@H]3CCCO3)CC2=O)cc1)Nc1ccc(Cl)cc1. The van der Waals surface area contributed by atoms with Gasteiger partial charge in [0.15, 0.2) is 6.61 Å².